The maximum absolute atomic E-state index is 4.80. The Balaban J connectivity index is 1.68. The van der Waals surface area contributed by atoms with Crippen molar-refractivity contribution in [2.75, 3.05) is 13.1 Å². The van der Waals surface area contributed by atoms with Gasteiger partial charge >= 0.3 is 0 Å². The van der Waals surface area contributed by atoms with Gasteiger partial charge in [0, 0.05) is 5.69 Å². The Kier molecular flexibility index (Phi) is 4.47. The molecule has 1 unspecified atom stereocenters. The van der Waals surface area contributed by atoms with Crippen LogP contribution in [-0.2, 0) is 6.42 Å². The van der Waals surface area contributed by atoms with E-state index in [2.05, 4.69) is 46.5 Å². The Morgan fingerprint density at radius 3 is 2.61 bits per heavy atom. The molecule has 1 aliphatic carbocycles. The van der Waals surface area contributed by atoms with Crippen LogP contribution in [0.1, 0.15) is 55.7 Å². The summed E-state index contributed by atoms with van der Waals surface area (Å²) in [6.45, 7) is 2.33. The Morgan fingerprint density at radius 2 is 1.87 bits per heavy atom. The zero-order valence-electron chi connectivity index (χ0n) is 13.9. The van der Waals surface area contributed by atoms with Crippen LogP contribution >= 0.6 is 0 Å². The molecule has 23 heavy (non-hydrogen) atoms. The van der Waals surface area contributed by atoms with Crippen molar-refractivity contribution in [3.63, 3.8) is 0 Å². The molecule has 3 heteroatoms. The van der Waals surface area contributed by atoms with Crippen LogP contribution in [0.25, 0.3) is 5.69 Å². The van der Waals surface area contributed by atoms with E-state index in [1.54, 1.807) is 0 Å². The van der Waals surface area contributed by atoms with Gasteiger partial charge in [0.25, 0.3) is 0 Å². The normalized spacial score (nSPS) is 22.5. The fourth-order valence-corrected chi connectivity index (χ4v) is 4.30. The molecule has 1 aromatic carbocycles. The summed E-state index contributed by atoms with van der Waals surface area (Å²) in [7, 11) is 0. The largest absolute Gasteiger partial charge is 0.316 e. The third-order valence-electron chi connectivity index (χ3n) is 5.59. The summed E-state index contributed by atoms with van der Waals surface area (Å²) in [5, 5.41) is 8.31. The highest BCUT2D eigenvalue weighted by molar-refractivity contribution is 5.36. The van der Waals surface area contributed by atoms with E-state index in [-0.39, 0.29) is 0 Å². The minimum atomic E-state index is 0.727. The lowest BCUT2D eigenvalue weighted by Gasteiger charge is -2.23. The van der Waals surface area contributed by atoms with Crippen molar-refractivity contribution in [3.8, 4) is 5.69 Å². The number of nitrogens with zero attached hydrogens (tertiary/aromatic N) is 2. The SMILES string of the molecule is c1ccc(-n2ncc(C3CCCCC3)c2CC2CCNC2)cc1. The highest BCUT2D eigenvalue weighted by atomic mass is 15.3. The van der Waals surface area contributed by atoms with Gasteiger partial charge in [0.15, 0.2) is 0 Å². The topological polar surface area (TPSA) is 29.9 Å². The summed E-state index contributed by atoms with van der Waals surface area (Å²) >= 11 is 0. The maximum Gasteiger partial charge on any atom is 0.0648 e. The quantitative estimate of drug-likeness (QED) is 0.922. The molecule has 122 valence electrons. The first-order valence-corrected chi connectivity index (χ1v) is 9.25. The van der Waals surface area contributed by atoms with Crippen LogP contribution in [0.4, 0.5) is 0 Å². The van der Waals surface area contributed by atoms with Crippen molar-refractivity contribution < 1.29 is 0 Å². The fraction of sp³-hybridized carbons (Fsp3) is 0.550. The summed E-state index contributed by atoms with van der Waals surface area (Å²) in [4.78, 5) is 0. The molecule has 1 N–H and O–H groups in total. The van der Waals surface area contributed by atoms with Crippen LogP contribution in [0.3, 0.4) is 0 Å². The highest BCUT2D eigenvalue weighted by Gasteiger charge is 2.25. The van der Waals surface area contributed by atoms with E-state index in [1.807, 2.05) is 0 Å². The molecule has 2 heterocycles. The first-order valence-electron chi connectivity index (χ1n) is 9.25. The lowest BCUT2D eigenvalue weighted by atomic mass is 9.83. The minimum absolute atomic E-state index is 0.727. The predicted molar refractivity (Wildman–Crippen MR) is 94.1 cm³/mol. The first-order chi connectivity index (χ1) is 11.4. The molecule has 4 rings (SSSR count). The number of para-hydroxylation sites is 1. The Bertz CT molecular complexity index is 620. The second-order valence-electron chi connectivity index (χ2n) is 7.19. The van der Waals surface area contributed by atoms with Gasteiger partial charge in [-0.15, -0.1) is 0 Å². The molecule has 1 aliphatic heterocycles. The van der Waals surface area contributed by atoms with Crippen LogP contribution in [0.15, 0.2) is 36.5 Å². The lowest BCUT2D eigenvalue weighted by Crippen LogP contribution is -2.15. The first kappa shape index (κ1) is 14.9. The standard InChI is InChI=1S/C20H27N3/c1-3-7-17(8-4-1)19-15-22-23(18-9-5-2-6-10-18)20(19)13-16-11-12-21-14-16/h2,5-6,9-10,15-17,21H,1,3-4,7-8,11-14H2. The number of hydrogen-bond acceptors (Lipinski definition) is 2. The molecule has 2 aromatic rings. The number of hydrogen-bond donors (Lipinski definition) is 1. The van der Waals surface area contributed by atoms with Gasteiger partial charge < -0.3 is 5.32 Å². The minimum Gasteiger partial charge on any atom is -0.316 e. The highest BCUT2D eigenvalue weighted by Crippen LogP contribution is 2.36. The molecule has 2 aliphatic rings. The van der Waals surface area contributed by atoms with Gasteiger partial charge in [-0.05, 0) is 68.3 Å². The predicted octanol–water partition coefficient (Wildman–Crippen LogP) is 4.07. The van der Waals surface area contributed by atoms with Crippen molar-refractivity contribution in [2.45, 2.75) is 50.9 Å². The molecule has 1 aromatic heterocycles. The van der Waals surface area contributed by atoms with Crippen LogP contribution in [0, 0.1) is 5.92 Å². The third kappa shape index (κ3) is 3.20. The summed E-state index contributed by atoms with van der Waals surface area (Å²) in [6.07, 6.45) is 11.5. The average Bonchev–Trinajstić information content (AvgIpc) is 3.27. The van der Waals surface area contributed by atoms with Gasteiger partial charge in [-0.3, -0.25) is 0 Å². The summed E-state index contributed by atoms with van der Waals surface area (Å²) in [6, 6.07) is 10.6. The van der Waals surface area contributed by atoms with Gasteiger partial charge in [-0.1, -0.05) is 37.5 Å². The Hall–Kier alpha value is -1.61. The molecular weight excluding hydrogens is 282 g/mol. The van der Waals surface area contributed by atoms with Gasteiger partial charge in [-0.2, -0.15) is 5.10 Å². The van der Waals surface area contributed by atoms with E-state index in [9.17, 15) is 0 Å². The van der Waals surface area contributed by atoms with Gasteiger partial charge in [0.05, 0.1) is 11.9 Å². The van der Waals surface area contributed by atoms with Gasteiger partial charge in [-0.25, -0.2) is 4.68 Å². The molecule has 0 spiro atoms. The second kappa shape index (κ2) is 6.88. The summed E-state index contributed by atoms with van der Waals surface area (Å²) in [5.41, 5.74) is 4.20. The summed E-state index contributed by atoms with van der Waals surface area (Å²) in [5.74, 6) is 1.49. The van der Waals surface area contributed by atoms with E-state index in [4.69, 9.17) is 5.10 Å². The maximum atomic E-state index is 4.80. The number of nitrogens with one attached hydrogen (secondary N) is 1. The number of aromatic nitrogens is 2. The zero-order chi connectivity index (χ0) is 15.5. The van der Waals surface area contributed by atoms with Crippen LogP contribution in [-0.4, -0.2) is 22.9 Å². The van der Waals surface area contributed by atoms with Crippen LogP contribution in [0.2, 0.25) is 0 Å². The monoisotopic (exact) mass is 309 g/mol. The fourth-order valence-electron chi connectivity index (χ4n) is 4.30. The molecule has 1 atom stereocenters. The number of benzene rings is 1. The molecular formula is C20H27N3. The van der Waals surface area contributed by atoms with Gasteiger partial charge in [0.2, 0.25) is 0 Å². The van der Waals surface area contributed by atoms with Crippen molar-refractivity contribution >= 4 is 0 Å². The molecule has 0 amide bonds. The number of rotatable bonds is 4. The van der Waals surface area contributed by atoms with E-state index >= 15 is 0 Å². The lowest BCUT2D eigenvalue weighted by molar-refractivity contribution is 0.438. The van der Waals surface area contributed by atoms with Crippen LogP contribution in [0.5, 0.6) is 0 Å². The van der Waals surface area contributed by atoms with E-state index in [0.29, 0.717) is 0 Å². The smallest absolute Gasteiger partial charge is 0.0648 e. The van der Waals surface area contributed by atoms with Crippen LogP contribution < -0.4 is 5.32 Å². The molecule has 1 saturated carbocycles. The third-order valence-corrected chi connectivity index (χ3v) is 5.59. The average molecular weight is 309 g/mol. The zero-order valence-corrected chi connectivity index (χ0v) is 13.9. The van der Waals surface area contributed by atoms with Crippen molar-refractivity contribution in [1.29, 1.82) is 0 Å². The molecule has 2 fully saturated rings. The Morgan fingerprint density at radius 1 is 1.04 bits per heavy atom. The molecule has 3 nitrogen and oxygen atoms in total. The molecule has 0 radical (unpaired) electrons. The summed E-state index contributed by atoms with van der Waals surface area (Å²) < 4.78 is 2.21. The van der Waals surface area contributed by atoms with Gasteiger partial charge in [0.1, 0.15) is 0 Å². The van der Waals surface area contributed by atoms with E-state index in [1.165, 1.54) is 62.0 Å². The van der Waals surface area contributed by atoms with Crippen molar-refractivity contribution in [1.82, 2.24) is 15.1 Å². The van der Waals surface area contributed by atoms with Crippen molar-refractivity contribution in [3.05, 3.63) is 47.8 Å². The van der Waals surface area contributed by atoms with Crippen molar-refractivity contribution in [2.24, 2.45) is 5.92 Å². The molecule has 0 bridgehead atoms. The van der Waals surface area contributed by atoms with E-state index in [0.717, 1.165) is 24.8 Å². The Labute approximate surface area is 139 Å². The van der Waals surface area contributed by atoms with E-state index < -0.39 is 0 Å². The molecule has 1 saturated heterocycles. The second-order valence-corrected chi connectivity index (χ2v) is 7.19.